The highest BCUT2D eigenvalue weighted by molar-refractivity contribution is 5.93. The summed E-state index contributed by atoms with van der Waals surface area (Å²) in [7, 11) is 0. The van der Waals surface area contributed by atoms with Crippen LogP contribution in [0.15, 0.2) is 88.8 Å². The van der Waals surface area contributed by atoms with Crippen molar-refractivity contribution in [3.63, 3.8) is 0 Å². The van der Waals surface area contributed by atoms with Gasteiger partial charge in [0.15, 0.2) is 0 Å². The number of halogens is 1. The second-order valence-electron chi connectivity index (χ2n) is 17.0. The van der Waals surface area contributed by atoms with Gasteiger partial charge in [-0.05, 0) is 79.6 Å². The van der Waals surface area contributed by atoms with Crippen LogP contribution in [0, 0.1) is 5.82 Å². The summed E-state index contributed by atoms with van der Waals surface area (Å²) in [5.41, 5.74) is 1.59. The Morgan fingerprint density at radius 3 is 1.28 bits per heavy atom. The monoisotopic (exact) mass is 879 g/mol. The number of nitrogens with zero attached hydrogens (tertiary/aromatic N) is 2. The minimum Gasteiger partial charge on any atom is -0.507 e. The topological polar surface area (TPSA) is 110 Å². The van der Waals surface area contributed by atoms with Crippen LogP contribution in [0.25, 0.3) is 0 Å². The first-order chi connectivity index (χ1) is 31.4. The number of benzene rings is 4. The minimum atomic E-state index is -0.880. The van der Waals surface area contributed by atoms with E-state index in [0.29, 0.717) is 47.2 Å². The fourth-order valence-corrected chi connectivity index (χ4v) is 7.51. The number of aliphatic imine (C=N–C) groups is 2. The van der Waals surface area contributed by atoms with Crippen molar-refractivity contribution in [3.8, 4) is 28.7 Å². The summed E-state index contributed by atoms with van der Waals surface area (Å²) in [6, 6.07) is 20.6. The Bertz CT molecular complexity index is 1960. The summed E-state index contributed by atoms with van der Waals surface area (Å²) in [6.45, 7) is 5.72. The predicted octanol–water partition coefficient (Wildman–Crippen LogP) is 16.1. The van der Waals surface area contributed by atoms with Crippen LogP contribution >= 0.6 is 0 Å². The molecule has 4 aromatic carbocycles. The molecule has 0 amide bonds. The number of ether oxygens (including phenoxy) is 3. The molecule has 0 atom stereocenters. The van der Waals surface area contributed by atoms with Gasteiger partial charge in [0.05, 0.1) is 30.2 Å². The molecule has 0 bridgehead atoms. The molecule has 9 heteroatoms. The third-order valence-corrected chi connectivity index (χ3v) is 11.5. The number of carbonyl (C=O) groups is 1. The van der Waals surface area contributed by atoms with E-state index < -0.39 is 11.8 Å². The quantitative estimate of drug-likeness (QED) is 0.0209. The zero-order chi connectivity index (χ0) is 45.5. The van der Waals surface area contributed by atoms with Crippen LogP contribution in [-0.4, -0.2) is 41.8 Å². The van der Waals surface area contributed by atoms with Gasteiger partial charge in [0.2, 0.25) is 0 Å². The number of hydrogen-bond acceptors (Lipinski definition) is 8. The third kappa shape index (κ3) is 21.0. The molecule has 2 N–H and O–H groups in total. The zero-order valence-electron chi connectivity index (χ0n) is 38.8. The first-order valence-corrected chi connectivity index (χ1v) is 24.5. The number of rotatable bonds is 34. The number of phenolic OH excluding ortho intramolecular Hbond substituents is 2. The molecule has 0 unspecified atom stereocenters. The Hall–Kier alpha value is -5.18. The molecule has 0 saturated carbocycles. The lowest BCUT2D eigenvalue weighted by atomic mass is 10.1. The number of aromatic hydroxyl groups is 2. The van der Waals surface area contributed by atoms with E-state index in [0.717, 1.165) is 31.7 Å². The van der Waals surface area contributed by atoms with Crippen LogP contribution in [-0.2, 0) is 0 Å². The smallest absolute Gasteiger partial charge is 0.346 e. The number of esters is 1. The van der Waals surface area contributed by atoms with E-state index in [2.05, 4.69) is 23.8 Å². The van der Waals surface area contributed by atoms with Crippen LogP contribution in [0.5, 0.6) is 28.7 Å². The molecular weight excluding hydrogens is 804 g/mol. The summed E-state index contributed by atoms with van der Waals surface area (Å²) < 4.78 is 32.0. The van der Waals surface area contributed by atoms with Gasteiger partial charge in [-0.15, -0.1) is 0 Å². The van der Waals surface area contributed by atoms with Crippen molar-refractivity contribution in [1.29, 1.82) is 0 Å². The Balaban J connectivity index is 1.14. The minimum absolute atomic E-state index is 0.00480. The summed E-state index contributed by atoms with van der Waals surface area (Å²) in [5.74, 6) is -0.148. The fraction of sp³-hybridized carbons (Fsp3) is 0.509. The average molecular weight is 879 g/mol. The van der Waals surface area contributed by atoms with E-state index >= 15 is 0 Å². The standard InChI is InChI=1S/C55H75FN2O6/c1-3-5-7-9-11-13-15-17-19-21-23-25-37-62-49-32-27-44(53(59)40-49)42-57-46-29-34-48(35-30-46)64-55(61)51-39-47(31-36-52(51)56)58-43-45-28-33-50(41-54(45)60)63-38-26-24-22-20-18-16-14-12-10-8-6-4-2/h27-36,39-43,59-60H,3-26,37-38H2,1-2H3. The lowest BCUT2D eigenvalue weighted by molar-refractivity contribution is 0.0730. The lowest BCUT2D eigenvalue weighted by Crippen LogP contribution is -2.10. The number of phenols is 2. The Morgan fingerprint density at radius 2 is 0.859 bits per heavy atom. The second-order valence-corrected chi connectivity index (χ2v) is 17.0. The van der Waals surface area contributed by atoms with Crippen LogP contribution in [0.4, 0.5) is 15.8 Å². The van der Waals surface area contributed by atoms with E-state index in [1.807, 2.05) is 6.07 Å². The highest BCUT2D eigenvalue weighted by Crippen LogP contribution is 2.27. The van der Waals surface area contributed by atoms with Crippen LogP contribution in [0.3, 0.4) is 0 Å². The van der Waals surface area contributed by atoms with E-state index in [-0.39, 0.29) is 22.8 Å². The van der Waals surface area contributed by atoms with E-state index in [9.17, 15) is 19.4 Å². The van der Waals surface area contributed by atoms with Crippen molar-refractivity contribution in [2.24, 2.45) is 9.98 Å². The van der Waals surface area contributed by atoms with Gasteiger partial charge in [0.1, 0.15) is 34.6 Å². The third-order valence-electron chi connectivity index (χ3n) is 11.5. The molecule has 0 aliphatic heterocycles. The number of unbranched alkanes of at least 4 members (excludes halogenated alkanes) is 22. The highest BCUT2D eigenvalue weighted by Gasteiger charge is 2.15. The first-order valence-electron chi connectivity index (χ1n) is 24.5. The maximum Gasteiger partial charge on any atom is 0.346 e. The summed E-state index contributed by atoms with van der Waals surface area (Å²) in [6.07, 6.45) is 33.8. The maximum atomic E-state index is 14.8. The predicted molar refractivity (Wildman–Crippen MR) is 262 cm³/mol. The largest absolute Gasteiger partial charge is 0.507 e. The first kappa shape index (κ1) is 51.5. The van der Waals surface area contributed by atoms with Gasteiger partial charge < -0.3 is 24.4 Å². The maximum absolute atomic E-state index is 14.8. The van der Waals surface area contributed by atoms with Crippen molar-refractivity contribution in [2.75, 3.05) is 13.2 Å². The Kier molecular flexibility index (Phi) is 25.4. The van der Waals surface area contributed by atoms with Crippen molar-refractivity contribution in [1.82, 2.24) is 0 Å². The van der Waals surface area contributed by atoms with E-state index in [1.54, 1.807) is 60.8 Å². The zero-order valence-corrected chi connectivity index (χ0v) is 38.8. The van der Waals surface area contributed by atoms with Crippen LogP contribution in [0.2, 0.25) is 0 Å². The van der Waals surface area contributed by atoms with Crippen molar-refractivity contribution < 1.29 is 33.6 Å². The molecule has 0 saturated heterocycles. The molecule has 64 heavy (non-hydrogen) atoms. The average Bonchev–Trinajstić information content (AvgIpc) is 3.29. The SMILES string of the molecule is CCCCCCCCCCCCCCOc1ccc(C=Nc2ccc(OC(=O)c3cc(N=Cc4ccc(OCCCCCCCCCCCCCC)cc4O)ccc3F)cc2)c(O)c1. The van der Waals surface area contributed by atoms with Gasteiger partial charge in [0.25, 0.3) is 0 Å². The molecular formula is C55H75FN2O6. The van der Waals surface area contributed by atoms with E-state index in [4.69, 9.17) is 14.2 Å². The van der Waals surface area contributed by atoms with Gasteiger partial charge in [0, 0.05) is 35.7 Å². The van der Waals surface area contributed by atoms with Gasteiger partial charge in [-0.25, -0.2) is 9.18 Å². The van der Waals surface area contributed by atoms with Crippen LogP contribution in [0.1, 0.15) is 189 Å². The van der Waals surface area contributed by atoms with Crippen molar-refractivity contribution in [3.05, 3.63) is 101 Å². The second kappa shape index (κ2) is 31.6. The van der Waals surface area contributed by atoms with Gasteiger partial charge in [-0.3, -0.25) is 9.98 Å². The normalized spacial score (nSPS) is 11.5. The molecule has 0 spiro atoms. The van der Waals surface area contributed by atoms with Gasteiger partial charge in [-0.2, -0.15) is 0 Å². The molecule has 8 nitrogen and oxygen atoms in total. The summed E-state index contributed by atoms with van der Waals surface area (Å²) in [4.78, 5) is 21.8. The molecule has 4 aromatic rings. The molecule has 0 fully saturated rings. The Labute approximate surface area is 383 Å². The fourth-order valence-electron chi connectivity index (χ4n) is 7.51. The molecule has 4 rings (SSSR count). The van der Waals surface area contributed by atoms with Crippen LogP contribution < -0.4 is 14.2 Å². The molecule has 348 valence electrons. The van der Waals surface area contributed by atoms with Gasteiger partial charge >= 0.3 is 5.97 Å². The summed E-state index contributed by atoms with van der Waals surface area (Å²) in [5, 5.41) is 21.2. The summed E-state index contributed by atoms with van der Waals surface area (Å²) >= 11 is 0. The molecule has 0 aromatic heterocycles. The highest BCUT2D eigenvalue weighted by atomic mass is 19.1. The molecule has 0 heterocycles. The Morgan fingerprint density at radius 1 is 0.484 bits per heavy atom. The number of hydrogen-bond donors (Lipinski definition) is 2. The molecule has 0 aliphatic carbocycles. The lowest BCUT2D eigenvalue weighted by Gasteiger charge is -2.08. The van der Waals surface area contributed by atoms with Crippen molar-refractivity contribution >= 4 is 29.8 Å². The molecule has 0 aliphatic rings. The van der Waals surface area contributed by atoms with E-state index in [1.165, 1.54) is 147 Å². The van der Waals surface area contributed by atoms with Gasteiger partial charge in [-0.1, -0.05) is 155 Å². The molecule has 0 radical (unpaired) electrons. The number of carbonyl (C=O) groups excluding carboxylic acids is 1. The van der Waals surface area contributed by atoms with Crippen molar-refractivity contribution in [2.45, 2.75) is 168 Å².